The van der Waals surface area contributed by atoms with Crippen LogP contribution in [0.3, 0.4) is 0 Å². The second-order valence-electron chi connectivity index (χ2n) is 1.74. The van der Waals surface area contributed by atoms with Crippen LogP contribution in [0.25, 0.3) is 0 Å². The van der Waals surface area contributed by atoms with Gasteiger partial charge in [0.2, 0.25) is 0 Å². The zero-order chi connectivity index (χ0) is 9.11. The quantitative estimate of drug-likeness (QED) is 0.622. The number of aliphatic hydroxyl groups excluding tert-OH is 1. The number of carbonyl (C=O) groups is 1. The summed E-state index contributed by atoms with van der Waals surface area (Å²) in [7, 11) is 2.51. The highest BCUT2D eigenvalue weighted by Crippen LogP contribution is 1.78. The minimum Gasteiger partial charge on any atom is -0.438 e. The molecule has 0 saturated heterocycles. The molecule has 0 heterocycles. The van der Waals surface area contributed by atoms with Crippen LogP contribution in [-0.4, -0.2) is 32.1 Å². The Morgan fingerprint density at radius 1 is 1.36 bits per heavy atom. The molecule has 0 radical (unpaired) electrons. The number of unbranched alkanes of at least 4 members (excludes halogenated alkanes) is 1. The third kappa shape index (κ3) is 17.6. The normalized spacial score (nSPS) is 7.64. The van der Waals surface area contributed by atoms with Crippen LogP contribution >= 0.6 is 0 Å². The van der Waals surface area contributed by atoms with Crippen molar-refractivity contribution >= 4 is 6.16 Å². The molecule has 0 unspecified atom stereocenters. The molecule has 0 aromatic heterocycles. The molecule has 68 valence electrons. The molecule has 0 spiro atoms. The molecule has 0 aliphatic rings. The Labute approximate surface area is 67.1 Å². The third-order valence-electron chi connectivity index (χ3n) is 0.845. The lowest BCUT2D eigenvalue weighted by Crippen LogP contribution is -1.97. The second-order valence-corrected chi connectivity index (χ2v) is 1.74. The first-order valence-electron chi connectivity index (χ1n) is 3.45. The van der Waals surface area contributed by atoms with E-state index in [1.54, 1.807) is 0 Å². The van der Waals surface area contributed by atoms with Gasteiger partial charge in [-0.05, 0) is 6.42 Å². The maximum Gasteiger partial charge on any atom is 0.507 e. The summed E-state index contributed by atoms with van der Waals surface area (Å²) in [6.07, 6.45) is 1.38. The Kier molecular flexibility index (Phi) is 14.0. The molecule has 4 nitrogen and oxygen atoms in total. The van der Waals surface area contributed by atoms with Crippen molar-refractivity contribution in [2.45, 2.75) is 19.8 Å². The van der Waals surface area contributed by atoms with E-state index in [1.807, 2.05) is 0 Å². The number of aliphatic hydroxyl groups is 1. The first-order valence-corrected chi connectivity index (χ1v) is 3.45. The summed E-state index contributed by atoms with van der Waals surface area (Å²) in [4.78, 5) is 9.74. The summed E-state index contributed by atoms with van der Waals surface area (Å²) in [5.74, 6) is 0. The molecule has 0 amide bonds. The first kappa shape index (κ1) is 12.9. The number of ether oxygens (including phenoxy) is 2. The topological polar surface area (TPSA) is 55.8 Å². The summed E-state index contributed by atoms with van der Waals surface area (Å²) in [6, 6.07) is 0. The van der Waals surface area contributed by atoms with Crippen LogP contribution in [0.2, 0.25) is 0 Å². The van der Waals surface area contributed by atoms with Gasteiger partial charge in [-0.15, -0.1) is 0 Å². The molecule has 0 bridgehead atoms. The number of methoxy groups -OCH3 is 2. The van der Waals surface area contributed by atoms with Crippen molar-refractivity contribution in [1.82, 2.24) is 0 Å². The van der Waals surface area contributed by atoms with Gasteiger partial charge in [0.25, 0.3) is 0 Å². The molecule has 0 saturated carbocycles. The summed E-state index contributed by atoms with van der Waals surface area (Å²) < 4.78 is 8.08. The van der Waals surface area contributed by atoms with E-state index in [2.05, 4.69) is 16.4 Å². The Morgan fingerprint density at radius 3 is 1.82 bits per heavy atom. The van der Waals surface area contributed by atoms with Crippen molar-refractivity contribution in [2.75, 3.05) is 20.8 Å². The van der Waals surface area contributed by atoms with Crippen molar-refractivity contribution in [3.63, 3.8) is 0 Å². The number of rotatable bonds is 2. The number of hydrogen-bond acceptors (Lipinski definition) is 4. The monoisotopic (exact) mass is 164 g/mol. The Bertz CT molecular complexity index is 74.5. The van der Waals surface area contributed by atoms with Crippen LogP contribution in [0.15, 0.2) is 0 Å². The Hall–Kier alpha value is -0.770. The summed E-state index contributed by atoms with van der Waals surface area (Å²) in [5, 5.41) is 8.07. The highest BCUT2D eigenvalue weighted by Gasteiger charge is 1.88. The van der Waals surface area contributed by atoms with Gasteiger partial charge in [-0.2, -0.15) is 0 Å². The standard InChI is InChI=1S/C4H10O.C3H6O3/c1-2-3-4-5;1-5-3(4)6-2/h5H,2-4H2,1H3;1-2H3. The largest absolute Gasteiger partial charge is 0.507 e. The Balaban J connectivity index is 0. The van der Waals surface area contributed by atoms with Crippen molar-refractivity contribution in [3.8, 4) is 0 Å². The first-order chi connectivity index (χ1) is 5.22. The van der Waals surface area contributed by atoms with Gasteiger partial charge in [-0.25, -0.2) is 4.79 Å². The van der Waals surface area contributed by atoms with Crippen molar-refractivity contribution in [3.05, 3.63) is 0 Å². The van der Waals surface area contributed by atoms with E-state index < -0.39 is 6.16 Å². The van der Waals surface area contributed by atoms with Gasteiger partial charge >= 0.3 is 6.16 Å². The van der Waals surface area contributed by atoms with Crippen molar-refractivity contribution in [2.24, 2.45) is 0 Å². The van der Waals surface area contributed by atoms with Crippen molar-refractivity contribution < 1.29 is 19.4 Å². The van der Waals surface area contributed by atoms with E-state index in [0.717, 1.165) is 12.8 Å². The Morgan fingerprint density at radius 2 is 1.82 bits per heavy atom. The van der Waals surface area contributed by atoms with E-state index >= 15 is 0 Å². The molecule has 0 aromatic carbocycles. The van der Waals surface area contributed by atoms with E-state index in [1.165, 1.54) is 14.2 Å². The van der Waals surface area contributed by atoms with Crippen LogP contribution in [0, 0.1) is 0 Å². The van der Waals surface area contributed by atoms with Crippen LogP contribution < -0.4 is 0 Å². The van der Waals surface area contributed by atoms with Gasteiger partial charge in [0, 0.05) is 6.61 Å². The predicted molar refractivity (Wildman–Crippen MR) is 41.4 cm³/mol. The zero-order valence-corrected chi connectivity index (χ0v) is 7.29. The summed E-state index contributed by atoms with van der Waals surface area (Å²) >= 11 is 0. The second kappa shape index (κ2) is 12.0. The predicted octanol–water partition coefficient (Wildman–Crippen LogP) is 1.18. The molecule has 0 fully saturated rings. The molecule has 0 atom stereocenters. The fourth-order valence-corrected chi connectivity index (χ4v) is 0.241. The maximum absolute atomic E-state index is 9.74. The van der Waals surface area contributed by atoms with Gasteiger partial charge in [-0.3, -0.25) is 0 Å². The lowest BCUT2D eigenvalue weighted by Gasteiger charge is -1.89. The molecule has 4 heteroatoms. The lowest BCUT2D eigenvalue weighted by atomic mass is 10.4. The van der Waals surface area contributed by atoms with Gasteiger partial charge in [0.15, 0.2) is 0 Å². The van der Waals surface area contributed by atoms with Crippen LogP contribution in [0.4, 0.5) is 4.79 Å². The van der Waals surface area contributed by atoms with Gasteiger partial charge < -0.3 is 14.6 Å². The van der Waals surface area contributed by atoms with E-state index in [0.29, 0.717) is 6.61 Å². The lowest BCUT2D eigenvalue weighted by molar-refractivity contribution is 0.0924. The highest BCUT2D eigenvalue weighted by atomic mass is 16.7. The zero-order valence-electron chi connectivity index (χ0n) is 7.29. The SMILES string of the molecule is CCCCO.COC(=O)OC. The molecule has 11 heavy (non-hydrogen) atoms. The molecule has 0 rings (SSSR count). The number of carbonyl (C=O) groups excluding carboxylic acids is 1. The van der Waals surface area contributed by atoms with Crippen molar-refractivity contribution in [1.29, 1.82) is 0 Å². The van der Waals surface area contributed by atoms with E-state index in [9.17, 15) is 4.79 Å². The average Bonchev–Trinajstić information content (AvgIpc) is 2.06. The third-order valence-corrected chi connectivity index (χ3v) is 0.845. The molecular weight excluding hydrogens is 148 g/mol. The summed E-state index contributed by atoms with van der Waals surface area (Å²) in [6.45, 7) is 2.40. The summed E-state index contributed by atoms with van der Waals surface area (Å²) in [5.41, 5.74) is 0. The van der Waals surface area contributed by atoms with Gasteiger partial charge in [0.05, 0.1) is 14.2 Å². The molecule has 0 aliphatic carbocycles. The average molecular weight is 164 g/mol. The maximum atomic E-state index is 9.74. The highest BCUT2D eigenvalue weighted by molar-refractivity contribution is 5.59. The molecular formula is C7H16O4. The number of hydrogen-bond donors (Lipinski definition) is 1. The fourth-order valence-electron chi connectivity index (χ4n) is 0.241. The van der Waals surface area contributed by atoms with Crippen LogP contribution in [0.5, 0.6) is 0 Å². The molecule has 1 N–H and O–H groups in total. The molecule has 0 aromatic rings. The minimum absolute atomic E-state index is 0.344. The molecule has 0 aliphatic heterocycles. The van der Waals surface area contributed by atoms with Crippen LogP contribution in [0.1, 0.15) is 19.8 Å². The minimum atomic E-state index is -0.657. The smallest absolute Gasteiger partial charge is 0.438 e. The van der Waals surface area contributed by atoms with Gasteiger partial charge in [-0.1, -0.05) is 13.3 Å². The van der Waals surface area contributed by atoms with Crippen LogP contribution in [-0.2, 0) is 9.47 Å². The van der Waals surface area contributed by atoms with E-state index in [4.69, 9.17) is 5.11 Å². The van der Waals surface area contributed by atoms with Gasteiger partial charge in [0.1, 0.15) is 0 Å². The fraction of sp³-hybridized carbons (Fsp3) is 0.857. The van der Waals surface area contributed by atoms with E-state index in [-0.39, 0.29) is 0 Å².